The summed E-state index contributed by atoms with van der Waals surface area (Å²) in [5.74, 6) is 0.804. The third-order valence-corrected chi connectivity index (χ3v) is 4.83. The molecule has 1 unspecified atom stereocenters. The first kappa shape index (κ1) is 14.3. The van der Waals surface area contributed by atoms with Crippen molar-refractivity contribution in [2.45, 2.75) is 45.6 Å². The summed E-state index contributed by atoms with van der Waals surface area (Å²) in [7, 11) is 0. The molecule has 2 saturated heterocycles. The van der Waals surface area contributed by atoms with E-state index in [0.717, 1.165) is 55.1 Å². The highest BCUT2D eigenvalue weighted by molar-refractivity contribution is 5.58. The number of nitriles is 1. The molecule has 0 N–H and O–H groups in total. The molecule has 0 bridgehead atoms. The van der Waals surface area contributed by atoms with Gasteiger partial charge in [0.1, 0.15) is 11.6 Å². The van der Waals surface area contributed by atoms with Gasteiger partial charge in [-0.1, -0.05) is 13.8 Å². The Morgan fingerprint density at radius 1 is 1.19 bits per heavy atom. The van der Waals surface area contributed by atoms with E-state index < -0.39 is 0 Å². The van der Waals surface area contributed by atoms with Crippen LogP contribution in [0.4, 0.5) is 5.82 Å². The molecule has 2 fully saturated rings. The second kappa shape index (κ2) is 5.98. The van der Waals surface area contributed by atoms with Crippen molar-refractivity contribution in [3.63, 3.8) is 0 Å². The number of fused-ring (bicyclic) bond motifs is 1. The van der Waals surface area contributed by atoms with Crippen molar-refractivity contribution in [2.75, 3.05) is 31.1 Å². The average molecular weight is 285 g/mol. The zero-order valence-corrected chi connectivity index (χ0v) is 13.0. The number of hydrogen-bond donors (Lipinski definition) is 0. The van der Waals surface area contributed by atoms with Crippen LogP contribution in [-0.2, 0) is 12.8 Å². The molecule has 2 aliphatic rings. The fraction of sp³-hybridized carbons (Fsp3) is 0.688. The van der Waals surface area contributed by atoms with Gasteiger partial charge in [0, 0.05) is 25.7 Å². The van der Waals surface area contributed by atoms with Gasteiger partial charge in [-0.2, -0.15) is 10.4 Å². The monoisotopic (exact) mass is 285 g/mol. The van der Waals surface area contributed by atoms with Gasteiger partial charge in [-0.25, -0.2) is 0 Å². The maximum Gasteiger partial charge on any atom is 0.169 e. The van der Waals surface area contributed by atoms with Crippen molar-refractivity contribution in [3.05, 3.63) is 16.8 Å². The number of rotatable bonds is 3. The lowest BCUT2D eigenvalue weighted by atomic mass is 10.0. The Balaban J connectivity index is 1.93. The molecule has 5 nitrogen and oxygen atoms in total. The summed E-state index contributed by atoms with van der Waals surface area (Å²) in [6, 6.07) is 3.02. The minimum Gasteiger partial charge on any atom is -0.351 e. The standard InChI is InChI=1S/C16H23N5/c1-3-13-14(10-17)16(19-18-15(13)4-2)21-9-8-20-7-5-6-12(20)11-21/h12H,3-9,11H2,1-2H3. The largest absolute Gasteiger partial charge is 0.351 e. The SMILES string of the molecule is CCc1nnc(N2CCN3CCCC3C2)c(C#N)c1CC. The van der Waals surface area contributed by atoms with Gasteiger partial charge in [0.25, 0.3) is 0 Å². The molecule has 1 aromatic heterocycles. The van der Waals surface area contributed by atoms with E-state index in [1.807, 2.05) is 0 Å². The number of aryl methyl sites for hydroxylation is 1. The number of aromatic nitrogens is 2. The number of nitrogens with zero attached hydrogens (tertiary/aromatic N) is 5. The van der Waals surface area contributed by atoms with Crippen LogP contribution < -0.4 is 4.90 Å². The Bertz CT molecular complexity index is 563. The van der Waals surface area contributed by atoms with E-state index in [4.69, 9.17) is 0 Å². The van der Waals surface area contributed by atoms with E-state index in [9.17, 15) is 5.26 Å². The Morgan fingerprint density at radius 3 is 2.76 bits per heavy atom. The predicted molar refractivity (Wildman–Crippen MR) is 82.3 cm³/mol. The van der Waals surface area contributed by atoms with E-state index in [1.54, 1.807) is 0 Å². The van der Waals surface area contributed by atoms with Gasteiger partial charge in [0.05, 0.1) is 5.69 Å². The number of piperazine rings is 1. The normalized spacial score (nSPS) is 22.1. The van der Waals surface area contributed by atoms with Crippen LogP contribution in [0, 0.1) is 11.3 Å². The van der Waals surface area contributed by atoms with Crippen LogP contribution in [0.5, 0.6) is 0 Å². The molecule has 0 saturated carbocycles. The summed E-state index contributed by atoms with van der Waals surface area (Å²) in [5.41, 5.74) is 2.80. The molecule has 1 atom stereocenters. The molecule has 0 radical (unpaired) electrons. The summed E-state index contributed by atoms with van der Waals surface area (Å²) in [6.07, 6.45) is 4.24. The van der Waals surface area contributed by atoms with Gasteiger partial charge in [-0.3, -0.25) is 4.90 Å². The Morgan fingerprint density at radius 2 is 2.05 bits per heavy atom. The molecule has 2 aliphatic heterocycles. The quantitative estimate of drug-likeness (QED) is 0.847. The lowest BCUT2D eigenvalue weighted by Gasteiger charge is -2.38. The van der Waals surface area contributed by atoms with Crippen molar-refractivity contribution < 1.29 is 0 Å². The van der Waals surface area contributed by atoms with Gasteiger partial charge in [-0.05, 0) is 37.8 Å². The molecule has 0 aromatic carbocycles. The first-order valence-electron chi connectivity index (χ1n) is 8.06. The lowest BCUT2D eigenvalue weighted by molar-refractivity contribution is 0.230. The maximum atomic E-state index is 9.61. The predicted octanol–water partition coefficient (Wildman–Crippen LogP) is 1.76. The Kier molecular flexibility index (Phi) is 4.07. The Labute approximate surface area is 126 Å². The summed E-state index contributed by atoms with van der Waals surface area (Å²) in [5, 5.41) is 18.4. The topological polar surface area (TPSA) is 56.1 Å². The van der Waals surface area contributed by atoms with Crippen molar-refractivity contribution in [1.29, 1.82) is 5.26 Å². The molecule has 3 rings (SSSR count). The molecule has 3 heterocycles. The average Bonchev–Trinajstić information content (AvgIpc) is 3.00. The highest BCUT2D eigenvalue weighted by Crippen LogP contribution is 2.28. The van der Waals surface area contributed by atoms with E-state index in [2.05, 4.69) is 39.9 Å². The zero-order valence-electron chi connectivity index (χ0n) is 13.0. The van der Waals surface area contributed by atoms with Crippen molar-refractivity contribution >= 4 is 5.82 Å². The molecule has 21 heavy (non-hydrogen) atoms. The van der Waals surface area contributed by atoms with Crippen LogP contribution in [-0.4, -0.2) is 47.3 Å². The number of anilines is 1. The van der Waals surface area contributed by atoms with Crippen LogP contribution >= 0.6 is 0 Å². The molecular weight excluding hydrogens is 262 g/mol. The van der Waals surface area contributed by atoms with E-state index >= 15 is 0 Å². The maximum absolute atomic E-state index is 9.61. The van der Waals surface area contributed by atoms with Crippen molar-refractivity contribution in [1.82, 2.24) is 15.1 Å². The smallest absolute Gasteiger partial charge is 0.169 e. The fourth-order valence-corrected chi connectivity index (χ4v) is 3.68. The molecule has 1 aromatic rings. The zero-order chi connectivity index (χ0) is 14.8. The number of hydrogen-bond acceptors (Lipinski definition) is 5. The van der Waals surface area contributed by atoms with Gasteiger partial charge < -0.3 is 4.90 Å². The highest BCUT2D eigenvalue weighted by Gasteiger charge is 2.32. The summed E-state index contributed by atoms with van der Waals surface area (Å²) < 4.78 is 0. The van der Waals surface area contributed by atoms with E-state index in [1.165, 1.54) is 19.4 Å². The second-order valence-corrected chi connectivity index (χ2v) is 5.92. The summed E-state index contributed by atoms with van der Waals surface area (Å²) in [6.45, 7) is 8.40. The van der Waals surface area contributed by atoms with Crippen molar-refractivity contribution in [3.8, 4) is 6.07 Å². The molecule has 0 amide bonds. The van der Waals surface area contributed by atoms with Crippen molar-refractivity contribution in [2.24, 2.45) is 0 Å². The van der Waals surface area contributed by atoms with Gasteiger partial charge in [0.2, 0.25) is 0 Å². The molecule has 5 heteroatoms. The van der Waals surface area contributed by atoms with Crippen LogP contribution in [0.3, 0.4) is 0 Å². The van der Waals surface area contributed by atoms with Gasteiger partial charge in [0.15, 0.2) is 5.82 Å². The third-order valence-electron chi connectivity index (χ3n) is 4.83. The van der Waals surface area contributed by atoms with E-state index in [0.29, 0.717) is 6.04 Å². The summed E-state index contributed by atoms with van der Waals surface area (Å²) in [4.78, 5) is 4.84. The molecule has 112 valence electrons. The molecular formula is C16H23N5. The second-order valence-electron chi connectivity index (χ2n) is 5.92. The third kappa shape index (κ3) is 2.49. The molecule has 0 aliphatic carbocycles. The van der Waals surface area contributed by atoms with Crippen LogP contribution in [0.2, 0.25) is 0 Å². The highest BCUT2D eigenvalue weighted by atomic mass is 15.3. The first-order chi connectivity index (χ1) is 10.3. The van der Waals surface area contributed by atoms with Crippen LogP contribution in [0.25, 0.3) is 0 Å². The van der Waals surface area contributed by atoms with Gasteiger partial charge >= 0.3 is 0 Å². The van der Waals surface area contributed by atoms with E-state index in [-0.39, 0.29) is 0 Å². The Hall–Kier alpha value is -1.67. The van der Waals surface area contributed by atoms with Crippen LogP contribution in [0.1, 0.15) is 43.5 Å². The first-order valence-corrected chi connectivity index (χ1v) is 8.06. The van der Waals surface area contributed by atoms with Crippen LogP contribution in [0.15, 0.2) is 0 Å². The van der Waals surface area contributed by atoms with Gasteiger partial charge in [-0.15, -0.1) is 5.10 Å². The fourth-order valence-electron chi connectivity index (χ4n) is 3.68. The summed E-state index contributed by atoms with van der Waals surface area (Å²) >= 11 is 0. The minimum atomic E-state index is 0.628. The lowest BCUT2D eigenvalue weighted by Crippen LogP contribution is -2.50. The minimum absolute atomic E-state index is 0.628. The molecule has 0 spiro atoms.